The highest BCUT2D eigenvalue weighted by Gasteiger charge is 2.09. The molecule has 7 nitrogen and oxygen atoms in total. The van der Waals surface area contributed by atoms with Crippen molar-refractivity contribution in [1.29, 1.82) is 0 Å². The molecular weight excluding hydrogens is 374 g/mol. The molecule has 0 aliphatic heterocycles. The number of methoxy groups -OCH3 is 1. The lowest BCUT2D eigenvalue weighted by Crippen LogP contribution is -1.92. The highest BCUT2D eigenvalue weighted by Crippen LogP contribution is 2.28. The molecule has 0 unspecified atom stereocenters. The zero-order chi connectivity index (χ0) is 19.3. The van der Waals surface area contributed by atoms with Crippen molar-refractivity contribution in [2.45, 2.75) is 32.6 Å². The van der Waals surface area contributed by atoms with E-state index in [1.165, 1.54) is 24.2 Å². The molecule has 1 N–H and O–H groups in total. The topological polar surface area (TPSA) is 86.0 Å². The van der Waals surface area contributed by atoms with Crippen LogP contribution in [-0.4, -0.2) is 27.0 Å². The van der Waals surface area contributed by atoms with Crippen LogP contribution in [0, 0.1) is 0 Å². The van der Waals surface area contributed by atoms with Gasteiger partial charge in [-0.2, -0.15) is 0 Å². The second-order valence-electron chi connectivity index (χ2n) is 6.37. The fraction of sp³-hybridized carbons (Fsp3) is 0.300. The van der Waals surface area contributed by atoms with Crippen LogP contribution in [-0.2, 0) is 6.42 Å². The first-order valence-electron chi connectivity index (χ1n) is 9.23. The van der Waals surface area contributed by atoms with E-state index in [4.69, 9.17) is 9.15 Å². The molecule has 0 fully saturated rings. The van der Waals surface area contributed by atoms with Gasteiger partial charge in [-0.15, -0.1) is 11.3 Å². The van der Waals surface area contributed by atoms with Crippen molar-refractivity contribution in [1.82, 2.24) is 19.9 Å². The number of anilines is 2. The van der Waals surface area contributed by atoms with Gasteiger partial charge in [0.25, 0.3) is 0 Å². The lowest BCUT2D eigenvalue weighted by atomic mass is 10.2. The van der Waals surface area contributed by atoms with Crippen LogP contribution in [0.4, 0.5) is 10.8 Å². The molecule has 0 aliphatic carbocycles. The van der Waals surface area contributed by atoms with E-state index in [0.29, 0.717) is 6.01 Å². The smallest absolute Gasteiger partial charge is 0.316 e. The van der Waals surface area contributed by atoms with Gasteiger partial charge in [0.15, 0.2) is 16.6 Å². The van der Waals surface area contributed by atoms with Crippen molar-refractivity contribution in [3.63, 3.8) is 0 Å². The fourth-order valence-electron chi connectivity index (χ4n) is 2.83. The summed E-state index contributed by atoms with van der Waals surface area (Å²) in [7, 11) is 1.54. The lowest BCUT2D eigenvalue weighted by molar-refractivity contribution is 0.380. The largest absolute Gasteiger partial charge is 0.467 e. The normalized spacial score (nSPS) is 11.1. The molecule has 3 aromatic heterocycles. The molecular formula is C20H21N5O2S. The van der Waals surface area contributed by atoms with Crippen LogP contribution in [0.1, 0.15) is 32.1 Å². The maximum atomic E-state index is 5.82. The molecule has 144 valence electrons. The second kappa shape index (κ2) is 8.35. The van der Waals surface area contributed by atoms with Crippen molar-refractivity contribution in [2.75, 3.05) is 12.4 Å². The molecule has 0 radical (unpaired) electrons. The summed E-state index contributed by atoms with van der Waals surface area (Å²) in [6.45, 7) is 2.19. The number of nitrogens with one attached hydrogen (secondary N) is 1. The minimum Gasteiger partial charge on any atom is -0.467 e. The third-order valence-electron chi connectivity index (χ3n) is 4.29. The maximum Gasteiger partial charge on any atom is 0.316 e. The van der Waals surface area contributed by atoms with Gasteiger partial charge in [0.05, 0.1) is 12.8 Å². The Balaban J connectivity index is 1.47. The average Bonchev–Trinajstić information content (AvgIpc) is 3.35. The minimum absolute atomic E-state index is 0.340. The van der Waals surface area contributed by atoms with Gasteiger partial charge in [-0.25, -0.2) is 19.9 Å². The van der Waals surface area contributed by atoms with Crippen molar-refractivity contribution < 1.29 is 9.15 Å². The number of oxazole rings is 1. The molecule has 3 heterocycles. The molecule has 0 bridgehead atoms. The molecule has 0 spiro atoms. The Morgan fingerprint density at radius 3 is 2.79 bits per heavy atom. The number of hydrogen-bond acceptors (Lipinski definition) is 8. The summed E-state index contributed by atoms with van der Waals surface area (Å²) in [6, 6.07) is 6.24. The number of aromatic nitrogens is 4. The molecule has 4 aromatic rings. The number of ether oxygens (including phenoxy) is 1. The van der Waals surface area contributed by atoms with Crippen molar-refractivity contribution in [3.05, 3.63) is 41.9 Å². The summed E-state index contributed by atoms with van der Waals surface area (Å²) in [4.78, 5) is 17.5. The Labute approximate surface area is 166 Å². The molecule has 0 saturated carbocycles. The number of rotatable bonds is 8. The predicted octanol–water partition coefficient (Wildman–Crippen LogP) is 5.23. The number of aryl methyl sites for hydroxylation is 1. The molecule has 0 saturated heterocycles. The molecule has 0 amide bonds. The Bertz CT molecular complexity index is 1060. The molecule has 1 aromatic carbocycles. The number of unbranched alkanes of at least 4 members (excludes halogenated alkanes) is 2. The highest BCUT2D eigenvalue weighted by molar-refractivity contribution is 7.14. The maximum absolute atomic E-state index is 5.82. The second-order valence-corrected chi connectivity index (χ2v) is 7.23. The summed E-state index contributed by atoms with van der Waals surface area (Å²) >= 11 is 1.52. The molecule has 4 rings (SSSR count). The summed E-state index contributed by atoms with van der Waals surface area (Å²) in [5.41, 5.74) is 4.25. The summed E-state index contributed by atoms with van der Waals surface area (Å²) < 4.78 is 10.8. The van der Waals surface area contributed by atoms with Crippen molar-refractivity contribution in [3.8, 4) is 17.3 Å². The number of hydrogen-bond donors (Lipinski definition) is 1. The van der Waals surface area contributed by atoms with Gasteiger partial charge in [0.2, 0.25) is 0 Å². The van der Waals surface area contributed by atoms with Crippen LogP contribution in [0.25, 0.3) is 22.4 Å². The van der Waals surface area contributed by atoms with Crippen molar-refractivity contribution >= 4 is 33.3 Å². The SMILES string of the molecule is CCCCCc1nc2cc(Nc3nc(-c4cnc(OC)nc4)cs3)ccc2o1. The van der Waals surface area contributed by atoms with E-state index >= 15 is 0 Å². The molecule has 8 heteroatoms. The van der Waals surface area contributed by atoms with Gasteiger partial charge in [0.1, 0.15) is 5.52 Å². The number of benzene rings is 1. The lowest BCUT2D eigenvalue weighted by Gasteiger charge is -2.01. The summed E-state index contributed by atoms with van der Waals surface area (Å²) in [6.07, 6.45) is 7.76. The zero-order valence-corrected chi connectivity index (χ0v) is 16.6. The van der Waals surface area contributed by atoms with Gasteiger partial charge < -0.3 is 14.5 Å². The van der Waals surface area contributed by atoms with E-state index in [9.17, 15) is 0 Å². The van der Waals surface area contributed by atoms with E-state index in [-0.39, 0.29) is 0 Å². The Morgan fingerprint density at radius 2 is 2.00 bits per heavy atom. The van der Waals surface area contributed by atoms with E-state index in [1.807, 2.05) is 23.6 Å². The van der Waals surface area contributed by atoms with Crippen LogP contribution < -0.4 is 10.1 Å². The standard InChI is InChI=1S/C20H21N5O2S/c1-3-4-5-6-18-24-15-9-14(7-8-17(15)27-18)23-20-25-16(12-28-20)13-10-21-19(26-2)22-11-13/h7-12H,3-6H2,1-2H3,(H,23,25). The highest BCUT2D eigenvalue weighted by atomic mass is 32.1. The Hall–Kier alpha value is -3.00. The third-order valence-corrected chi connectivity index (χ3v) is 5.05. The van der Waals surface area contributed by atoms with Crippen LogP contribution in [0.5, 0.6) is 6.01 Å². The number of nitrogens with zero attached hydrogens (tertiary/aromatic N) is 4. The van der Waals surface area contributed by atoms with E-state index < -0.39 is 0 Å². The molecule has 0 atom stereocenters. The number of thiazole rings is 1. The van der Waals surface area contributed by atoms with Gasteiger partial charge in [-0.05, 0) is 24.6 Å². The summed E-state index contributed by atoms with van der Waals surface area (Å²) in [5.74, 6) is 0.802. The summed E-state index contributed by atoms with van der Waals surface area (Å²) in [5, 5.41) is 6.09. The van der Waals surface area contributed by atoms with E-state index in [0.717, 1.165) is 51.9 Å². The van der Waals surface area contributed by atoms with Gasteiger partial charge in [0, 0.05) is 35.4 Å². The fourth-order valence-corrected chi connectivity index (χ4v) is 3.57. The zero-order valence-electron chi connectivity index (χ0n) is 15.8. The van der Waals surface area contributed by atoms with Crippen LogP contribution in [0.15, 0.2) is 40.4 Å². The monoisotopic (exact) mass is 395 g/mol. The molecule has 28 heavy (non-hydrogen) atoms. The van der Waals surface area contributed by atoms with Gasteiger partial charge in [-0.1, -0.05) is 19.8 Å². The quantitative estimate of drug-likeness (QED) is 0.409. The predicted molar refractivity (Wildman–Crippen MR) is 110 cm³/mol. The Kier molecular flexibility index (Phi) is 5.48. The van der Waals surface area contributed by atoms with Crippen LogP contribution in [0.3, 0.4) is 0 Å². The third kappa shape index (κ3) is 4.12. The van der Waals surface area contributed by atoms with Crippen LogP contribution in [0.2, 0.25) is 0 Å². The van der Waals surface area contributed by atoms with E-state index in [1.54, 1.807) is 19.5 Å². The Morgan fingerprint density at radius 1 is 1.14 bits per heavy atom. The first kappa shape index (κ1) is 18.4. The first-order valence-corrected chi connectivity index (χ1v) is 10.1. The van der Waals surface area contributed by atoms with Gasteiger partial charge >= 0.3 is 6.01 Å². The minimum atomic E-state index is 0.340. The first-order chi connectivity index (χ1) is 13.7. The average molecular weight is 395 g/mol. The number of fused-ring (bicyclic) bond motifs is 1. The van der Waals surface area contributed by atoms with Crippen molar-refractivity contribution in [2.24, 2.45) is 0 Å². The van der Waals surface area contributed by atoms with Gasteiger partial charge in [-0.3, -0.25) is 0 Å². The molecule has 0 aliphatic rings. The van der Waals surface area contributed by atoms with E-state index in [2.05, 4.69) is 32.2 Å². The van der Waals surface area contributed by atoms with Crippen LogP contribution >= 0.6 is 11.3 Å².